The first-order chi connectivity index (χ1) is 8.24. The molecule has 4 heteroatoms. The lowest BCUT2D eigenvalue weighted by Gasteiger charge is -2.17. The van der Waals surface area contributed by atoms with Gasteiger partial charge in [0.2, 0.25) is 0 Å². The summed E-state index contributed by atoms with van der Waals surface area (Å²) >= 11 is 0. The summed E-state index contributed by atoms with van der Waals surface area (Å²) in [6, 6.07) is 6.09. The maximum atomic E-state index is 13.5. The minimum absolute atomic E-state index is 0.00731. The van der Waals surface area contributed by atoms with Crippen LogP contribution in [0.15, 0.2) is 24.3 Å². The van der Waals surface area contributed by atoms with E-state index in [-0.39, 0.29) is 23.3 Å². The van der Waals surface area contributed by atoms with Crippen molar-refractivity contribution in [2.24, 2.45) is 5.92 Å². The van der Waals surface area contributed by atoms with Crippen molar-refractivity contribution in [2.75, 3.05) is 19.8 Å². The number of rotatable bonds is 4. The average molecular weight is 237 g/mol. The van der Waals surface area contributed by atoms with Gasteiger partial charge in [-0.2, -0.15) is 0 Å². The molecule has 0 aromatic heterocycles. The fourth-order valence-corrected chi connectivity index (χ4v) is 2.14. The van der Waals surface area contributed by atoms with Gasteiger partial charge in [-0.25, -0.2) is 4.39 Å². The van der Waals surface area contributed by atoms with Crippen LogP contribution in [0.4, 0.5) is 4.39 Å². The van der Waals surface area contributed by atoms with Gasteiger partial charge in [0.1, 0.15) is 5.82 Å². The molecular weight excluding hydrogens is 221 g/mol. The van der Waals surface area contributed by atoms with Gasteiger partial charge in [-0.3, -0.25) is 4.79 Å². The summed E-state index contributed by atoms with van der Waals surface area (Å²) in [4.78, 5) is 12.2. The van der Waals surface area contributed by atoms with E-state index in [9.17, 15) is 9.18 Å². The molecule has 2 atom stereocenters. The van der Waals surface area contributed by atoms with Gasteiger partial charge < -0.3 is 10.1 Å². The molecule has 2 unspecified atom stereocenters. The van der Waals surface area contributed by atoms with Crippen molar-refractivity contribution in [3.05, 3.63) is 35.6 Å². The van der Waals surface area contributed by atoms with Gasteiger partial charge in [-0.05, 0) is 18.7 Å². The zero-order chi connectivity index (χ0) is 12.3. The van der Waals surface area contributed by atoms with E-state index in [4.69, 9.17) is 4.74 Å². The Morgan fingerprint density at radius 2 is 2.24 bits per heavy atom. The van der Waals surface area contributed by atoms with Crippen molar-refractivity contribution in [3.63, 3.8) is 0 Å². The van der Waals surface area contributed by atoms with Crippen LogP contribution in [0.1, 0.15) is 17.3 Å². The lowest BCUT2D eigenvalue weighted by atomic mass is 9.93. The number of hydrogen-bond acceptors (Lipinski definition) is 3. The first-order valence-corrected chi connectivity index (χ1v) is 5.84. The molecule has 0 amide bonds. The Balaban J connectivity index is 2.17. The van der Waals surface area contributed by atoms with Gasteiger partial charge in [0.05, 0.1) is 24.7 Å². The van der Waals surface area contributed by atoms with Crippen molar-refractivity contribution in [1.29, 1.82) is 0 Å². The molecule has 1 heterocycles. The zero-order valence-electron chi connectivity index (χ0n) is 9.78. The number of halogens is 1. The number of likely N-dealkylation sites (N-methyl/N-ethyl adjacent to an activating group) is 1. The standard InChI is InChI=1S/C13H16FNO2/c1-2-15-12-8-17-7-10(12)13(16)9-5-3-4-6-11(9)14/h3-6,10,12,15H,2,7-8H2,1H3. The van der Waals surface area contributed by atoms with Crippen molar-refractivity contribution in [2.45, 2.75) is 13.0 Å². The average Bonchev–Trinajstić information content (AvgIpc) is 2.78. The lowest BCUT2D eigenvalue weighted by Crippen LogP contribution is -2.39. The van der Waals surface area contributed by atoms with Crippen molar-refractivity contribution in [1.82, 2.24) is 5.32 Å². The number of ketones is 1. The number of carbonyl (C=O) groups is 1. The molecule has 0 spiro atoms. The van der Waals surface area contributed by atoms with Crippen LogP contribution in [0.25, 0.3) is 0 Å². The van der Waals surface area contributed by atoms with E-state index in [1.807, 2.05) is 6.92 Å². The summed E-state index contributed by atoms with van der Waals surface area (Å²) in [7, 11) is 0. The van der Waals surface area contributed by atoms with Gasteiger partial charge in [0.25, 0.3) is 0 Å². The van der Waals surface area contributed by atoms with Crippen LogP contribution >= 0.6 is 0 Å². The zero-order valence-corrected chi connectivity index (χ0v) is 9.78. The Morgan fingerprint density at radius 1 is 1.47 bits per heavy atom. The van der Waals surface area contributed by atoms with E-state index >= 15 is 0 Å². The van der Waals surface area contributed by atoms with Gasteiger partial charge in [-0.15, -0.1) is 0 Å². The minimum atomic E-state index is -0.459. The van der Waals surface area contributed by atoms with Crippen molar-refractivity contribution >= 4 is 5.78 Å². The third-order valence-corrected chi connectivity index (χ3v) is 3.02. The monoisotopic (exact) mass is 237 g/mol. The second-order valence-electron chi connectivity index (χ2n) is 4.15. The molecule has 1 aromatic rings. The molecule has 1 N–H and O–H groups in total. The fraction of sp³-hybridized carbons (Fsp3) is 0.462. The maximum absolute atomic E-state index is 13.5. The Hall–Kier alpha value is -1.26. The molecule has 1 aliphatic rings. The number of ether oxygens (including phenoxy) is 1. The van der Waals surface area contributed by atoms with Crippen molar-refractivity contribution in [3.8, 4) is 0 Å². The summed E-state index contributed by atoms with van der Waals surface area (Å²) in [5, 5.41) is 3.20. The Morgan fingerprint density at radius 3 is 2.94 bits per heavy atom. The van der Waals surface area contributed by atoms with Gasteiger partial charge in [0, 0.05) is 6.04 Å². The quantitative estimate of drug-likeness (QED) is 0.809. The molecule has 0 saturated carbocycles. The molecule has 0 radical (unpaired) electrons. The predicted molar refractivity (Wildman–Crippen MR) is 62.5 cm³/mol. The maximum Gasteiger partial charge on any atom is 0.172 e. The highest BCUT2D eigenvalue weighted by Gasteiger charge is 2.34. The Labute approximate surface area is 100.0 Å². The minimum Gasteiger partial charge on any atom is -0.379 e. The van der Waals surface area contributed by atoms with E-state index in [0.717, 1.165) is 6.54 Å². The van der Waals surface area contributed by atoms with Gasteiger partial charge >= 0.3 is 0 Å². The summed E-state index contributed by atoms with van der Waals surface area (Å²) in [6.45, 7) is 3.63. The number of Topliss-reactive ketones (excluding diaryl/α,β-unsaturated/α-hetero) is 1. The molecule has 1 fully saturated rings. The Kier molecular flexibility index (Phi) is 3.86. The topological polar surface area (TPSA) is 38.3 Å². The van der Waals surface area contributed by atoms with Gasteiger partial charge in [-0.1, -0.05) is 19.1 Å². The van der Waals surface area contributed by atoms with Crippen LogP contribution in [0.5, 0.6) is 0 Å². The van der Waals surface area contributed by atoms with E-state index in [1.165, 1.54) is 12.1 Å². The van der Waals surface area contributed by atoms with E-state index in [1.54, 1.807) is 12.1 Å². The number of benzene rings is 1. The third kappa shape index (κ3) is 2.53. The molecule has 1 aliphatic heterocycles. The third-order valence-electron chi connectivity index (χ3n) is 3.02. The SMILES string of the molecule is CCNC1COCC1C(=O)c1ccccc1F. The van der Waals surface area contributed by atoms with E-state index in [2.05, 4.69) is 5.32 Å². The molecular formula is C13H16FNO2. The van der Waals surface area contributed by atoms with Crippen LogP contribution in [0, 0.1) is 11.7 Å². The fourth-order valence-electron chi connectivity index (χ4n) is 2.14. The number of nitrogens with one attached hydrogen (secondary N) is 1. The largest absolute Gasteiger partial charge is 0.379 e. The first-order valence-electron chi connectivity index (χ1n) is 5.84. The van der Waals surface area contributed by atoms with E-state index < -0.39 is 5.82 Å². The van der Waals surface area contributed by atoms with E-state index in [0.29, 0.717) is 13.2 Å². The highest BCUT2D eigenvalue weighted by molar-refractivity contribution is 5.98. The van der Waals surface area contributed by atoms with Crippen LogP contribution in [-0.4, -0.2) is 31.6 Å². The summed E-state index contributed by atoms with van der Waals surface area (Å²) in [5.74, 6) is -0.918. The predicted octanol–water partition coefficient (Wildman–Crippen LogP) is 1.63. The molecule has 17 heavy (non-hydrogen) atoms. The number of hydrogen-bond donors (Lipinski definition) is 1. The first kappa shape index (κ1) is 12.2. The second kappa shape index (κ2) is 5.38. The molecule has 92 valence electrons. The number of carbonyl (C=O) groups excluding carboxylic acids is 1. The van der Waals surface area contributed by atoms with Crippen LogP contribution in [0.2, 0.25) is 0 Å². The van der Waals surface area contributed by atoms with Gasteiger partial charge in [0.15, 0.2) is 5.78 Å². The smallest absolute Gasteiger partial charge is 0.172 e. The molecule has 3 nitrogen and oxygen atoms in total. The molecule has 1 aromatic carbocycles. The highest BCUT2D eigenvalue weighted by atomic mass is 19.1. The second-order valence-corrected chi connectivity index (χ2v) is 4.15. The van der Waals surface area contributed by atoms with Crippen molar-refractivity contribution < 1.29 is 13.9 Å². The van der Waals surface area contributed by atoms with Crippen LogP contribution in [0.3, 0.4) is 0 Å². The molecule has 1 saturated heterocycles. The van der Waals surface area contributed by atoms with Crippen LogP contribution in [-0.2, 0) is 4.74 Å². The molecule has 0 aliphatic carbocycles. The van der Waals surface area contributed by atoms with Crippen LogP contribution < -0.4 is 5.32 Å². The molecule has 0 bridgehead atoms. The summed E-state index contributed by atoms with van der Waals surface area (Å²) in [6.07, 6.45) is 0. The lowest BCUT2D eigenvalue weighted by molar-refractivity contribution is 0.0887. The summed E-state index contributed by atoms with van der Waals surface area (Å²) < 4.78 is 18.8. The Bertz CT molecular complexity index is 408. The molecule has 2 rings (SSSR count). The summed E-state index contributed by atoms with van der Waals surface area (Å²) in [5.41, 5.74) is 0.158. The normalized spacial score (nSPS) is 23.9. The highest BCUT2D eigenvalue weighted by Crippen LogP contribution is 2.20.